The maximum Gasteiger partial charge on any atom is 0.0422 e. The first-order valence-electron chi connectivity index (χ1n) is 7.57. The van der Waals surface area contributed by atoms with Crippen LogP contribution >= 0.6 is 0 Å². The monoisotopic (exact) mass is 286 g/mol. The lowest BCUT2D eigenvalue weighted by atomic mass is 9.68. The molecule has 0 saturated heterocycles. The largest absolute Gasteiger partial charge is 0.0901 e. The van der Waals surface area contributed by atoms with Gasteiger partial charge in [0, 0.05) is 22.0 Å². The van der Waals surface area contributed by atoms with Crippen LogP contribution in [-0.2, 0) is 0 Å². The van der Waals surface area contributed by atoms with Crippen LogP contribution in [0.15, 0.2) is 60.7 Å². The molecule has 0 bridgehead atoms. The van der Waals surface area contributed by atoms with Gasteiger partial charge in [0.15, 0.2) is 0 Å². The quantitative estimate of drug-likeness (QED) is 0.637. The van der Waals surface area contributed by atoms with E-state index in [1.165, 1.54) is 0 Å². The van der Waals surface area contributed by atoms with Crippen molar-refractivity contribution in [3.05, 3.63) is 71.8 Å². The molecule has 0 radical (unpaired) electrons. The molecule has 2 aromatic rings. The highest BCUT2D eigenvalue weighted by Gasteiger charge is 2.34. The van der Waals surface area contributed by atoms with Crippen molar-refractivity contribution in [3.63, 3.8) is 0 Å². The minimum absolute atomic E-state index is 0.204. The zero-order chi connectivity index (χ0) is 16.1. The Bertz CT molecular complexity index is 659. The summed E-state index contributed by atoms with van der Waals surface area (Å²) in [5.41, 5.74) is 1.68. The van der Waals surface area contributed by atoms with Crippen LogP contribution in [0.25, 0.3) is 0 Å². The van der Waals surface area contributed by atoms with E-state index in [0.717, 1.165) is 11.1 Å². The first-order chi connectivity index (χ1) is 10.4. The SMILES string of the molecule is CC(C)(C#Cc1ccccc1)C(C)(C)C#Cc1ccccc1. The van der Waals surface area contributed by atoms with Crippen molar-refractivity contribution in [2.75, 3.05) is 0 Å². The molecule has 0 saturated carbocycles. The van der Waals surface area contributed by atoms with Crippen LogP contribution in [0.1, 0.15) is 38.8 Å². The molecule has 0 N–H and O–H groups in total. The van der Waals surface area contributed by atoms with E-state index in [-0.39, 0.29) is 10.8 Å². The van der Waals surface area contributed by atoms with Crippen molar-refractivity contribution in [1.82, 2.24) is 0 Å². The lowest BCUT2D eigenvalue weighted by molar-refractivity contribution is 0.260. The third-order valence-electron chi connectivity index (χ3n) is 4.15. The fourth-order valence-corrected chi connectivity index (χ4v) is 1.81. The third kappa shape index (κ3) is 4.03. The summed E-state index contributed by atoms with van der Waals surface area (Å²) in [5.74, 6) is 13.3. The standard InChI is InChI=1S/C22H22/c1-21(2,17-15-19-11-7-5-8-12-19)22(3,4)18-16-20-13-9-6-10-14-20/h5-14H,1-4H3. The molecule has 0 aromatic heterocycles. The van der Waals surface area contributed by atoms with E-state index in [9.17, 15) is 0 Å². The fourth-order valence-electron chi connectivity index (χ4n) is 1.81. The van der Waals surface area contributed by atoms with Gasteiger partial charge in [0.25, 0.3) is 0 Å². The van der Waals surface area contributed by atoms with Gasteiger partial charge in [0.1, 0.15) is 0 Å². The molecule has 0 amide bonds. The summed E-state index contributed by atoms with van der Waals surface area (Å²) in [4.78, 5) is 0. The van der Waals surface area contributed by atoms with Crippen LogP contribution in [-0.4, -0.2) is 0 Å². The van der Waals surface area contributed by atoms with Gasteiger partial charge in [-0.3, -0.25) is 0 Å². The predicted octanol–water partition coefficient (Wildman–Crippen LogP) is 5.14. The molecule has 0 fully saturated rings. The van der Waals surface area contributed by atoms with E-state index in [4.69, 9.17) is 0 Å². The molecule has 0 heteroatoms. The molecule has 2 aromatic carbocycles. The first-order valence-corrected chi connectivity index (χ1v) is 7.57. The number of rotatable bonds is 1. The Morgan fingerprint density at radius 1 is 0.545 bits per heavy atom. The van der Waals surface area contributed by atoms with Crippen LogP contribution in [0.4, 0.5) is 0 Å². The number of benzene rings is 2. The lowest BCUT2D eigenvalue weighted by Gasteiger charge is -2.33. The van der Waals surface area contributed by atoms with Gasteiger partial charge in [-0.1, -0.05) is 60.1 Å². The van der Waals surface area contributed by atoms with Gasteiger partial charge in [-0.25, -0.2) is 0 Å². The molecule has 0 unspecified atom stereocenters. The maximum atomic E-state index is 3.40. The Morgan fingerprint density at radius 2 is 0.864 bits per heavy atom. The Morgan fingerprint density at radius 3 is 1.18 bits per heavy atom. The van der Waals surface area contributed by atoms with Crippen LogP contribution in [0, 0.1) is 34.5 Å². The summed E-state index contributed by atoms with van der Waals surface area (Å²) in [6.07, 6.45) is 0. The Kier molecular flexibility index (Phi) is 4.75. The van der Waals surface area contributed by atoms with Gasteiger partial charge in [0.2, 0.25) is 0 Å². The van der Waals surface area contributed by atoms with Crippen LogP contribution in [0.3, 0.4) is 0 Å². The van der Waals surface area contributed by atoms with E-state index in [1.54, 1.807) is 0 Å². The molecule has 0 aliphatic carbocycles. The van der Waals surface area contributed by atoms with Crippen LogP contribution in [0.2, 0.25) is 0 Å². The van der Waals surface area contributed by atoms with Crippen molar-refractivity contribution in [2.45, 2.75) is 27.7 Å². The van der Waals surface area contributed by atoms with E-state index in [2.05, 4.69) is 51.4 Å². The summed E-state index contributed by atoms with van der Waals surface area (Å²) in [5, 5.41) is 0. The van der Waals surface area contributed by atoms with Gasteiger partial charge in [-0.05, 0) is 52.0 Å². The summed E-state index contributed by atoms with van der Waals surface area (Å²) in [6.45, 7) is 8.62. The molecule has 0 aliphatic heterocycles. The number of hydrogen-bond acceptors (Lipinski definition) is 0. The molecular formula is C22H22. The van der Waals surface area contributed by atoms with Crippen LogP contribution in [0.5, 0.6) is 0 Å². The molecule has 0 heterocycles. The van der Waals surface area contributed by atoms with Gasteiger partial charge in [-0.2, -0.15) is 0 Å². The zero-order valence-corrected chi connectivity index (χ0v) is 13.8. The summed E-state index contributed by atoms with van der Waals surface area (Å²) < 4.78 is 0. The summed E-state index contributed by atoms with van der Waals surface area (Å²) >= 11 is 0. The minimum atomic E-state index is -0.204. The average Bonchev–Trinajstić information content (AvgIpc) is 2.53. The highest BCUT2D eigenvalue weighted by Crippen LogP contribution is 2.37. The second-order valence-corrected chi connectivity index (χ2v) is 6.48. The fraction of sp³-hybridized carbons (Fsp3) is 0.273. The highest BCUT2D eigenvalue weighted by atomic mass is 14.3. The molecule has 22 heavy (non-hydrogen) atoms. The second kappa shape index (κ2) is 6.55. The maximum absolute atomic E-state index is 3.40. The highest BCUT2D eigenvalue weighted by molar-refractivity contribution is 5.39. The van der Waals surface area contributed by atoms with Gasteiger partial charge in [0.05, 0.1) is 0 Å². The Labute approximate surface area is 134 Å². The predicted molar refractivity (Wildman–Crippen MR) is 94.2 cm³/mol. The van der Waals surface area contributed by atoms with E-state index >= 15 is 0 Å². The minimum Gasteiger partial charge on any atom is -0.0901 e. The molecule has 2 rings (SSSR count). The van der Waals surface area contributed by atoms with E-state index in [0.29, 0.717) is 0 Å². The first kappa shape index (κ1) is 15.9. The smallest absolute Gasteiger partial charge is 0.0422 e. The second-order valence-electron chi connectivity index (χ2n) is 6.48. The van der Waals surface area contributed by atoms with Crippen LogP contribution < -0.4 is 0 Å². The topological polar surface area (TPSA) is 0 Å². The molecule has 0 atom stereocenters. The van der Waals surface area contributed by atoms with E-state index < -0.39 is 0 Å². The molecule has 0 aliphatic rings. The normalized spacial score (nSPS) is 10.9. The van der Waals surface area contributed by atoms with Crippen molar-refractivity contribution >= 4 is 0 Å². The van der Waals surface area contributed by atoms with Crippen molar-refractivity contribution in [3.8, 4) is 23.7 Å². The van der Waals surface area contributed by atoms with Gasteiger partial charge in [-0.15, -0.1) is 0 Å². The third-order valence-corrected chi connectivity index (χ3v) is 4.15. The number of hydrogen-bond donors (Lipinski definition) is 0. The molecule has 0 spiro atoms. The zero-order valence-electron chi connectivity index (χ0n) is 13.8. The van der Waals surface area contributed by atoms with Gasteiger partial charge >= 0.3 is 0 Å². The van der Waals surface area contributed by atoms with Gasteiger partial charge < -0.3 is 0 Å². The van der Waals surface area contributed by atoms with Crippen molar-refractivity contribution in [1.29, 1.82) is 0 Å². The summed E-state index contributed by atoms with van der Waals surface area (Å²) in [6, 6.07) is 20.2. The molecular weight excluding hydrogens is 264 g/mol. The Hall–Kier alpha value is -2.44. The van der Waals surface area contributed by atoms with Crippen molar-refractivity contribution < 1.29 is 0 Å². The average molecular weight is 286 g/mol. The Balaban J connectivity index is 2.24. The summed E-state index contributed by atoms with van der Waals surface area (Å²) in [7, 11) is 0. The molecule has 110 valence electrons. The van der Waals surface area contributed by atoms with Crippen molar-refractivity contribution in [2.24, 2.45) is 10.8 Å². The molecule has 0 nitrogen and oxygen atoms in total. The lowest BCUT2D eigenvalue weighted by Crippen LogP contribution is -2.29. The van der Waals surface area contributed by atoms with E-state index in [1.807, 2.05) is 60.7 Å².